The van der Waals surface area contributed by atoms with Crippen molar-refractivity contribution in [1.82, 2.24) is 4.90 Å². The van der Waals surface area contributed by atoms with Crippen molar-refractivity contribution in [2.24, 2.45) is 5.73 Å². The Morgan fingerprint density at radius 2 is 1.67 bits per heavy atom. The van der Waals surface area contributed by atoms with Crippen LogP contribution in [0.3, 0.4) is 0 Å². The summed E-state index contributed by atoms with van der Waals surface area (Å²) < 4.78 is 0. The number of aliphatic hydroxyl groups is 1. The van der Waals surface area contributed by atoms with Crippen molar-refractivity contribution in [3.05, 3.63) is 35.9 Å². The zero-order chi connectivity index (χ0) is 12.8. The van der Waals surface area contributed by atoms with E-state index in [2.05, 4.69) is 4.90 Å². The summed E-state index contributed by atoms with van der Waals surface area (Å²) in [4.78, 5) is 2.35. The van der Waals surface area contributed by atoms with Crippen molar-refractivity contribution in [3.8, 4) is 0 Å². The molecule has 1 heterocycles. The maximum atomic E-state index is 10.8. The van der Waals surface area contributed by atoms with Gasteiger partial charge in [0.2, 0.25) is 0 Å². The molecule has 100 valence electrons. The standard InChI is InChI=1S/C15H24N2O/c16-12-15(18,14-8-4-3-5-9-14)13-17-10-6-1-2-7-11-17/h3-5,8-9,18H,1-2,6-7,10-13,16H2. The van der Waals surface area contributed by atoms with Crippen molar-refractivity contribution >= 4 is 0 Å². The summed E-state index contributed by atoms with van der Waals surface area (Å²) in [5.74, 6) is 0. The van der Waals surface area contributed by atoms with Crippen molar-refractivity contribution in [1.29, 1.82) is 0 Å². The molecule has 3 N–H and O–H groups in total. The molecular formula is C15H24N2O. The van der Waals surface area contributed by atoms with Crippen LogP contribution in [-0.4, -0.2) is 36.2 Å². The number of benzene rings is 1. The van der Waals surface area contributed by atoms with Gasteiger partial charge in [-0.1, -0.05) is 43.2 Å². The predicted octanol–water partition coefficient (Wildman–Crippen LogP) is 1.71. The van der Waals surface area contributed by atoms with E-state index in [1.807, 2.05) is 30.3 Å². The Labute approximate surface area is 110 Å². The zero-order valence-corrected chi connectivity index (χ0v) is 11.0. The van der Waals surface area contributed by atoms with Gasteiger partial charge in [0.05, 0.1) is 0 Å². The molecule has 3 heteroatoms. The molecule has 0 amide bonds. The first-order chi connectivity index (χ1) is 8.74. The number of likely N-dealkylation sites (tertiary alicyclic amines) is 1. The first kappa shape index (κ1) is 13.5. The van der Waals surface area contributed by atoms with Crippen LogP contribution in [0.1, 0.15) is 31.2 Å². The number of hydrogen-bond donors (Lipinski definition) is 2. The van der Waals surface area contributed by atoms with E-state index < -0.39 is 5.60 Å². The number of β-amino-alcohol motifs (C(OH)–C–C–N with tert-alkyl or cyclic N) is 1. The van der Waals surface area contributed by atoms with Crippen LogP contribution in [0.15, 0.2) is 30.3 Å². The monoisotopic (exact) mass is 248 g/mol. The second-order valence-electron chi connectivity index (χ2n) is 5.29. The zero-order valence-electron chi connectivity index (χ0n) is 11.0. The van der Waals surface area contributed by atoms with Crippen LogP contribution < -0.4 is 5.73 Å². The molecule has 3 nitrogen and oxygen atoms in total. The molecule has 1 fully saturated rings. The number of rotatable bonds is 4. The molecule has 0 bridgehead atoms. The Morgan fingerprint density at radius 3 is 2.22 bits per heavy atom. The topological polar surface area (TPSA) is 49.5 Å². The molecule has 18 heavy (non-hydrogen) atoms. The van der Waals surface area contributed by atoms with E-state index in [-0.39, 0.29) is 6.54 Å². The second kappa shape index (κ2) is 6.32. The predicted molar refractivity (Wildman–Crippen MR) is 74.3 cm³/mol. The van der Waals surface area contributed by atoms with Crippen molar-refractivity contribution in [3.63, 3.8) is 0 Å². The lowest BCUT2D eigenvalue weighted by molar-refractivity contribution is 0.00768. The summed E-state index contributed by atoms with van der Waals surface area (Å²) >= 11 is 0. The third kappa shape index (κ3) is 3.31. The summed E-state index contributed by atoms with van der Waals surface area (Å²) in [6.45, 7) is 3.07. The average molecular weight is 248 g/mol. The molecule has 1 saturated heterocycles. The van der Waals surface area contributed by atoms with Gasteiger partial charge in [0.25, 0.3) is 0 Å². The second-order valence-corrected chi connectivity index (χ2v) is 5.29. The molecule has 0 radical (unpaired) electrons. The first-order valence-corrected chi connectivity index (χ1v) is 6.95. The molecule has 1 unspecified atom stereocenters. The highest BCUT2D eigenvalue weighted by molar-refractivity contribution is 5.23. The summed E-state index contributed by atoms with van der Waals surface area (Å²) in [6, 6.07) is 9.80. The van der Waals surface area contributed by atoms with E-state index in [1.165, 1.54) is 25.7 Å². The summed E-state index contributed by atoms with van der Waals surface area (Å²) in [5.41, 5.74) is 5.84. The lowest BCUT2D eigenvalue weighted by Crippen LogP contribution is -2.46. The van der Waals surface area contributed by atoms with E-state index in [4.69, 9.17) is 5.73 Å². The van der Waals surface area contributed by atoms with Crippen LogP contribution in [0.5, 0.6) is 0 Å². The smallest absolute Gasteiger partial charge is 0.114 e. The van der Waals surface area contributed by atoms with Gasteiger partial charge in [-0.3, -0.25) is 0 Å². The minimum atomic E-state index is -0.911. The van der Waals surface area contributed by atoms with Crippen LogP contribution in [0.25, 0.3) is 0 Å². The lowest BCUT2D eigenvalue weighted by atomic mass is 9.93. The Balaban J connectivity index is 2.07. The minimum absolute atomic E-state index is 0.271. The van der Waals surface area contributed by atoms with Gasteiger partial charge in [0.15, 0.2) is 0 Å². The maximum absolute atomic E-state index is 10.8. The number of hydrogen-bond acceptors (Lipinski definition) is 3. The molecule has 0 aliphatic carbocycles. The lowest BCUT2D eigenvalue weighted by Gasteiger charge is -2.33. The Kier molecular flexibility index (Phi) is 4.75. The average Bonchev–Trinajstić information content (AvgIpc) is 2.68. The maximum Gasteiger partial charge on any atom is 0.114 e. The van der Waals surface area contributed by atoms with E-state index >= 15 is 0 Å². The van der Waals surface area contributed by atoms with Gasteiger partial charge >= 0.3 is 0 Å². The first-order valence-electron chi connectivity index (χ1n) is 6.95. The van der Waals surface area contributed by atoms with Crippen LogP contribution >= 0.6 is 0 Å². The summed E-state index contributed by atoms with van der Waals surface area (Å²) in [5, 5.41) is 10.8. The fourth-order valence-electron chi connectivity index (χ4n) is 2.69. The quantitative estimate of drug-likeness (QED) is 0.853. The van der Waals surface area contributed by atoms with Crippen molar-refractivity contribution in [2.75, 3.05) is 26.2 Å². The third-order valence-electron chi connectivity index (χ3n) is 3.83. The molecule has 0 spiro atoms. The van der Waals surface area contributed by atoms with Crippen LogP contribution in [0.2, 0.25) is 0 Å². The molecular weight excluding hydrogens is 224 g/mol. The van der Waals surface area contributed by atoms with Gasteiger partial charge in [0.1, 0.15) is 5.60 Å². The Morgan fingerprint density at radius 1 is 1.06 bits per heavy atom. The van der Waals surface area contributed by atoms with Gasteiger partial charge in [-0.2, -0.15) is 0 Å². The largest absolute Gasteiger partial charge is 0.382 e. The normalized spacial score (nSPS) is 21.2. The van der Waals surface area contributed by atoms with Crippen LogP contribution in [0, 0.1) is 0 Å². The van der Waals surface area contributed by atoms with Crippen molar-refractivity contribution < 1.29 is 5.11 Å². The van der Waals surface area contributed by atoms with Gasteiger partial charge in [-0.05, 0) is 31.5 Å². The van der Waals surface area contributed by atoms with E-state index in [1.54, 1.807) is 0 Å². The number of nitrogens with zero attached hydrogens (tertiary/aromatic N) is 1. The highest BCUT2D eigenvalue weighted by Crippen LogP contribution is 2.22. The van der Waals surface area contributed by atoms with Gasteiger partial charge < -0.3 is 15.7 Å². The summed E-state index contributed by atoms with van der Waals surface area (Å²) in [7, 11) is 0. The van der Waals surface area contributed by atoms with E-state index in [9.17, 15) is 5.11 Å². The molecule has 0 aromatic heterocycles. The molecule has 0 saturated carbocycles. The molecule has 1 aromatic carbocycles. The number of nitrogens with two attached hydrogens (primary N) is 1. The third-order valence-corrected chi connectivity index (χ3v) is 3.83. The molecule has 1 atom stereocenters. The van der Waals surface area contributed by atoms with Crippen LogP contribution in [-0.2, 0) is 5.60 Å². The van der Waals surface area contributed by atoms with Crippen molar-refractivity contribution in [2.45, 2.75) is 31.3 Å². The molecule has 1 aliphatic heterocycles. The van der Waals surface area contributed by atoms with E-state index in [0.717, 1.165) is 18.7 Å². The SMILES string of the molecule is NCC(O)(CN1CCCCCC1)c1ccccc1. The fraction of sp³-hybridized carbons (Fsp3) is 0.600. The Bertz CT molecular complexity index is 347. The fourth-order valence-corrected chi connectivity index (χ4v) is 2.69. The van der Waals surface area contributed by atoms with Gasteiger partial charge in [-0.25, -0.2) is 0 Å². The highest BCUT2D eigenvalue weighted by Gasteiger charge is 2.30. The summed E-state index contributed by atoms with van der Waals surface area (Å²) in [6.07, 6.45) is 5.08. The molecule has 2 rings (SSSR count). The minimum Gasteiger partial charge on any atom is -0.382 e. The molecule has 1 aliphatic rings. The molecule has 1 aromatic rings. The van der Waals surface area contributed by atoms with Gasteiger partial charge in [-0.15, -0.1) is 0 Å². The highest BCUT2D eigenvalue weighted by atomic mass is 16.3. The van der Waals surface area contributed by atoms with Crippen LogP contribution in [0.4, 0.5) is 0 Å². The Hall–Kier alpha value is -0.900. The van der Waals surface area contributed by atoms with Gasteiger partial charge in [0, 0.05) is 13.1 Å². The van der Waals surface area contributed by atoms with E-state index in [0.29, 0.717) is 6.54 Å².